The highest BCUT2D eigenvalue weighted by molar-refractivity contribution is 14.1. The maximum atomic E-state index is 11.4. The van der Waals surface area contributed by atoms with Crippen molar-refractivity contribution in [3.05, 3.63) is 78.0 Å². The first-order valence-electron chi connectivity index (χ1n) is 6.29. The molecule has 0 aromatic heterocycles. The summed E-state index contributed by atoms with van der Waals surface area (Å²) in [6, 6.07) is 18.6. The molecular weight excluding hydrogens is 361 g/mol. The summed E-state index contributed by atoms with van der Waals surface area (Å²) >= 11 is 2.02. The van der Waals surface area contributed by atoms with E-state index in [2.05, 4.69) is 36.4 Å². The topological polar surface area (TPSA) is 20.3 Å². The van der Waals surface area contributed by atoms with Gasteiger partial charge in [-0.05, 0) is 28.8 Å². The Balaban J connectivity index is 1.86. The largest absolute Gasteiger partial charge is 0.269 e. The van der Waals surface area contributed by atoms with Crippen LogP contribution in [-0.2, 0) is 4.79 Å². The van der Waals surface area contributed by atoms with Crippen molar-refractivity contribution in [1.29, 1.82) is 0 Å². The van der Waals surface area contributed by atoms with Crippen LogP contribution in [0.2, 0.25) is 0 Å². The number of halogens is 1. The predicted octanol–water partition coefficient (Wildman–Crippen LogP) is 4.44. The van der Waals surface area contributed by atoms with Crippen LogP contribution < -0.4 is 0 Å². The van der Waals surface area contributed by atoms with Crippen LogP contribution in [0.5, 0.6) is 0 Å². The van der Waals surface area contributed by atoms with Crippen molar-refractivity contribution in [2.75, 3.05) is 0 Å². The Hall–Kier alpha value is -1.88. The summed E-state index contributed by atoms with van der Waals surface area (Å²) in [6.07, 6.45) is 5.42. The molecule has 1 aliphatic heterocycles. The highest BCUT2D eigenvalue weighted by Gasteiger charge is 2.16. The minimum Gasteiger partial charge on any atom is -0.269 e. The number of rotatable bonds is 2. The Morgan fingerprint density at radius 3 is 2.10 bits per heavy atom. The van der Waals surface area contributed by atoms with E-state index in [-0.39, 0.29) is 5.91 Å². The van der Waals surface area contributed by atoms with Crippen LogP contribution in [-0.4, -0.2) is 9.02 Å². The van der Waals surface area contributed by atoms with E-state index in [1.807, 2.05) is 53.2 Å². The lowest BCUT2D eigenvalue weighted by Gasteiger charge is -2.08. The Labute approximate surface area is 131 Å². The number of amides is 1. The number of hydrogen-bond donors (Lipinski definition) is 0. The molecule has 0 spiro atoms. The van der Waals surface area contributed by atoms with E-state index >= 15 is 0 Å². The lowest BCUT2D eigenvalue weighted by molar-refractivity contribution is -0.118. The van der Waals surface area contributed by atoms with Gasteiger partial charge in [0.1, 0.15) is 0 Å². The van der Waals surface area contributed by atoms with Crippen molar-refractivity contribution in [2.24, 2.45) is 0 Å². The van der Waals surface area contributed by atoms with Crippen molar-refractivity contribution in [3.63, 3.8) is 0 Å². The van der Waals surface area contributed by atoms with Crippen molar-refractivity contribution in [1.82, 2.24) is 3.11 Å². The first-order chi connectivity index (χ1) is 9.74. The monoisotopic (exact) mass is 373 g/mol. The molecule has 98 valence electrons. The first-order valence-corrected chi connectivity index (χ1v) is 7.26. The van der Waals surface area contributed by atoms with E-state index in [0.717, 1.165) is 11.3 Å². The lowest BCUT2D eigenvalue weighted by atomic mass is 10.0. The molecule has 0 fully saturated rings. The maximum absolute atomic E-state index is 11.4. The van der Waals surface area contributed by atoms with Crippen LogP contribution in [0.3, 0.4) is 0 Å². The average molecular weight is 373 g/mol. The van der Waals surface area contributed by atoms with Gasteiger partial charge in [-0.2, -0.15) is 0 Å². The standard InChI is InChI=1S/C17H12INO/c18-19-16(10-11-17(19)20)12-13-6-8-15(9-7-13)14-4-2-1-3-5-14/h1-12H/b16-12+. The molecule has 0 radical (unpaired) electrons. The number of hydrogen-bond acceptors (Lipinski definition) is 1. The molecule has 20 heavy (non-hydrogen) atoms. The molecule has 0 N–H and O–H groups in total. The third-order valence-electron chi connectivity index (χ3n) is 3.15. The number of benzene rings is 2. The zero-order valence-corrected chi connectivity index (χ0v) is 12.8. The van der Waals surface area contributed by atoms with E-state index in [4.69, 9.17) is 0 Å². The SMILES string of the molecule is O=C1C=C/C(=C\c2ccc(-c3ccccc3)cc2)N1I. The fourth-order valence-electron chi connectivity index (χ4n) is 2.09. The summed E-state index contributed by atoms with van der Waals surface area (Å²) in [5, 5.41) is 0. The third-order valence-corrected chi connectivity index (χ3v) is 4.18. The quantitative estimate of drug-likeness (QED) is 0.563. The summed E-state index contributed by atoms with van der Waals surface area (Å²) in [5.74, 6) is 0.0118. The van der Waals surface area contributed by atoms with Crippen LogP contribution in [0.25, 0.3) is 17.2 Å². The summed E-state index contributed by atoms with van der Waals surface area (Å²) in [7, 11) is 0. The molecule has 0 atom stereocenters. The smallest absolute Gasteiger partial charge is 0.259 e. The normalized spacial score (nSPS) is 16.1. The van der Waals surface area contributed by atoms with Gasteiger partial charge in [0.25, 0.3) is 5.91 Å². The number of allylic oxidation sites excluding steroid dienone is 1. The maximum Gasteiger partial charge on any atom is 0.259 e. The van der Waals surface area contributed by atoms with Crippen LogP contribution in [0, 0.1) is 0 Å². The molecule has 0 saturated carbocycles. The third kappa shape index (κ3) is 2.67. The molecule has 2 nitrogen and oxygen atoms in total. The number of carbonyl (C=O) groups is 1. The van der Waals surface area contributed by atoms with Crippen LogP contribution >= 0.6 is 22.9 Å². The second kappa shape index (κ2) is 5.63. The molecule has 2 aromatic rings. The molecule has 0 aliphatic carbocycles. The van der Waals surface area contributed by atoms with Crippen LogP contribution in [0.15, 0.2) is 72.4 Å². The first kappa shape index (κ1) is 13.1. The summed E-state index contributed by atoms with van der Waals surface area (Å²) in [5.41, 5.74) is 4.39. The summed E-state index contributed by atoms with van der Waals surface area (Å²) in [6.45, 7) is 0. The van der Waals surface area contributed by atoms with Crippen molar-refractivity contribution >= 4 is 34.8 Å². The highest BCUT2D eigenvalue weighted by Crippen LogP contribution is 2.24. The van der Waals surface area contributed by atoms with E-state index in [1.54, 1.807) is 9.19 Å². The minimum atomic E-state index is 0.0118. The Kier molecular flexibility index (Phi) is 3.69. The fourth-order valence-corrected chi connectivity index (χ4v) is 2.55. The van der Waals surface area contributed by atoms with Crippen molar-refractivity contribution < 1.29 is 4.79 Å². The molecule has 1 heterocycles. The van der Waals surface area contributed by atoms with E-state index in [9.17, 15) is 4.79 Å². The average Bonchev–Trinajstić information content (AvgIpc) is 2.81. The Morgan fingerprint density at radius 2 is 1.50 bits per heavy atom. The fraction of sp³-hybridized carbons (Fsp3) is 0. The molecule has 0 saturated heterocycles. The molecule has 3 heteroatoms. The molecule has 0 bridgehead atoms. The van der Waals surface area contributed by atoms with Gasteiger partial charge in [-0.3, -0.25) is 4.79 Å². The van der Waals surface area contributed by atoms with E-state index in [0.29, 0.717) is 0 Å². The minimum absolute atomic E-state index is 0.0118. The van der Waals surface area contributed by atoms with Crippen molar-refractivity contribution in [2.45, 2.75) is 0 Å². The van der Waals surface area contributed by atoms with Gasteiger partial charge in [0, 0.05) is 6.08 Å². The Bertz CT molecular complexity index is 687. The Morgan fingerprint density at radius 1 is 0.850 bits per heavy atom. The second-order valence-corrected chi connectivity index (χ2v) is 5.47. The highest BCUT2D eigenvalue weighted by atomic mass is 127. The molecule has 1 aliphatic rings. The molecule has 0 unspecified atom stereocenters. The summed E-state index contributed by atoms with van der Waals surface area (Å²) in [4.78, 5) is 11.4. The van der Waals surface area contributed by atoms with Gasteiger partial charge in [-0.15, -0.1) is 0 Å². The van der Waals surface area contributed by atoms with Gasteiger partial charge in [0.15, 0.2) is 0 Å². The molecule has 2 aromatic carbocycles. The molecule has 3 rings (SSSR count). The van der Waals surface area contributed by atoms with Gasteiger partial charge in [-0.1, -0.05) is 54.6 Å². The zero-order chi connectivity index (χ0) is 13.9. The predicted molar refractivity (Wildman–Crippen MR) is 89.9 cm³/mol. The van der Waals surface area contributed by atoms with Gasteiger partial charge >= 0.3 is 0 Å². The summed E-state index contributed by atoms with van der Waals surface area (Å²) < 4.78 is 1.61. The molecule has 1 amide bonds. The van der Waals surface area contributed by atoms with E-state index < -0.39 is 0 Å². The van der Waals surface area contributed by atoms with Gasteiger partial charge < -0.3 is 0 Å². The van der Waals surface area contributed by atoms with Crippen LogP contribution in [0.4, 0.5) is 0 Å². The number of nitrogens with zero attached hydrogens (tertiary/aromatic N) is 1. The van der Waals surface area contributed by atoms with E-state index in [1.165, 1.54) is 11.1 Å². The van der Waals surface area contributed by atoms with Crippen molar-refractivity contribution in [3.8, 4) is 11.1 Å². The van der Waals surface area contributed by atoms with Gasteiger partial charge in [0.05, 0.1) is 28.6 Å². The van der Waals surface area contributed by atoms with Gasteiger partial charge in [0.2, 0.25) is 0 Å². The zero-order valence-electron chi connectivity index (χ0n) is 10.7. The molecular formula is C17H12INO. The van der Waals surface area contributed by atoms with Crippen LogP contribution in [0.1, 0.15) is 5.56 Å². The number of carbonyl (C=O) groups excluding carboxylic acids is 1. The van der Waals surface area contributed by atoms with Gasteiger partial charge in [-0.25, -0.2) is 3.11 Å². The lowest BCUT2D eigenvalue weighted by Crippen LogP contribution is -2.10. The second-order valence-electron chi connectivity index (χ2n) is 4.51.